The van der Waals surface area contributed by atoms with E-state index in [-0.39, 0.29) is 0 Å². The number of aromatic nitrogens is 1. The Balaban J connectivity index is 2.00. The zero-order valence-electron chi connectivity index (χ0n) is 12.5. The van der Waals surface area contributed by atoms with Gasteiger partial charge in [0.1, 0.15) is 5.75 Å². The summed E-state index contributed by atoms with van der Waals surface area (Å²) in [6.45, 7) is 9.35. The van der Waals surface area contributed by atoms with Crippen LogP contribution in [0.15, 0.2) is 6.20 Å². The van der Waals surface area contributed by atoms with Gasteiger partial charge in [-0.3, -0.25) is 14.8 Å². The first-order chi connectivity index (χ1) is 9.65. The van der Waals surface area contributed by atoms with Crippen molar-refractivity contribution in [1.82, 2.24) is 14.8 Å². The van der Waals surface area contributed by atoms with Crippen LogP contribution in [0.1, 0.15) is 16.8 Å². The summed E-state index contributed by atoms with van der Waals surface area (Å²) >= 11 is 0. The van der Waals surface area contributed by atoms with E-state index in [4.69, 9.17) is 10.00 Å². The molecule has 2 rings (SSSR count). The molecule has 0 saturated carbocycles. The Bertz CT molecular complexity index is 501. The van der Waals surface area contributed by atoms with Gasteiger partial charge in [-0.2, -0.15) is 5.26 Å². The number of hydrogen-bond donors (Lipinski definition) is 0. The number of aryl methyl sites for hydroxylation is 1. The van der Waals surface area contributed by atoms with Gasteiger partial charge in [0.15, 0.2) is 0 Å². The average Bonchev–Trinajstić information content (AvgIpc) is 2.45. The molecule has 0 amide bonds. The van der Waals surface area contributed by atoms with E-state index >= 15 is 0 Å². The topological polar surface area (TPSA) is 52.4 Å². The normalized spacial score (nSPS) is 16.9. The van der Waals surface area contributed by atoms with E-state index in [9.17, 15) is 0 Å². The Hall–Kier alpha value is -1.64. The molecule has 0 aromatic carbocycles. The van der Waals surface area contributed by atoms with Gasteiger partial charge in [0, 0.05) is 50.0 Å². The highest BCUT2D eigenvalue weighted by molar-refractivity contribution is 5.41. The molecule has 20 heavy (non-hydrogen) atoms. The fourth-order valence-corrected chi connectivity index (χ4v) is 2.65. The Morgan fingerprint density at radius 1 is 1.25 bits per heavy atom. The molecular formula is C15H22N4O. The molecule has 1 aliphatic rings. The zero-order chi connectivity index (χ0) is 14.5. The molecule has 1 aliphatic heterocycles. The van der Waals surface area contributed by atoms with Gasteiger partial charge in [-0.1, -0.05) is 0 Å². The highest BCUT2D eigenvalue weighted by Gasteiger charge is 2.18. The summed E-state index contributed by atoms with van der Waals surface area (Å²) in [4.78, 5) is 9.12. The first kappa shape index (κ1) is 14.8. The largest absolute Gasteiger partial charge is 0.496 e. The summed E-state index contributed by atoms with van der Waals surface area (Å²) in [6.07, 6.45) is 1.88. The number of rotatable bonds is 4. The Kier molecular flexibility index (Phi) is 4.94. The van der Waals surface area contributed by atoms with Crippen molar-refractivity contribution in [3.05, 3.63) is 23.0 Å². The van der Waals surface area contributed by atoms with Crippen LogP contribution in [0.3, 0.4) is 0 Å². The second kappa shape index (κ2) is 6.69. The summed E-state index contributed by atoms with van der Waals surface area (Å²) in [5.41, 5.74) is 3.29. The number of methoxy groups -OCH3 is 1. The minimum atomic E-state index is 0.531. The number of nitriles is 1. The highest BCUT2D eigenvalue weighted by Crippen LogP contribution is 2.24. The third-order valence-corrected chi connectivity index (χ3v) is 3.88. The molecule has 1 aromatic heterocycles. The molecule has 1 saturated heterocycles. The van der Waals surface area contributed by atoms with Gasteiger partial charge < -0.3 is 4.74 Å². The van der Waals surface area contributed by atoms with Crippen molar-refractivity contribution in [2.75, 3.05) is 39.8 Å². The van der Waals surface area contributed by atoms with Crippen LogP contribution in [0, 0.1) is 25.2 Å². The van der Waals surface area contributed by atoms with E-state index in [0.29, 0.717) is 6.54 Å². The lowest BCUT2D eigenvalue weighted by Crippen LogP contribution is -2.46. The summed E-state index contributed by atoms with van der Waals surface area (Å²) in [5, 5.41) is 8.71. The molecule has 0 N–H and O–H groups in total. The second-order valence-electron chi connectivity index (χ2n) is 5.26. The molecule has 0 spiro atoms. The van der Waals surface area contributed by atoms with E-state index in [1.807, 2.05) is 13.1 Å². The van der Waals surface area contributed by atoms with Crippen LogP contribution in [-0.4, -0.2) is 54.6 Å². The summed E-state index contributed by atoms with van der Waals surface area (Å²) < 4.78 is 5.45. The number of piperazine rings is 1. The standard InChI is InChI=1S/C15H22N4O/c1-12-10-17-14(13(2)15(12)20-3)11-19-8-6-18(5-4-16)7-9-19/h10H,5-9,11H2,1-3H3. The molecule has 1 fully saturated rings. The molecule has 2 heterocycles. The monoisotopic (exact) mass is 274 g/mol. The smallest absolute Gasteiger partial charge is 0.128 e. The van der Waals surface area contributed by atoms with Gasteiger partial charge in [-0.15, -0.1) is 0 Å². The molecule has 0 bridgehead atoms. The van der Waals surface area contributed by atoms with Gasteiger partial charge in [0.2, 0.25) is 0 Å². The molecule has 0 aliphatic carbocycles. The molecule has 5 heteroatoms. The number of nitrogens with zero attached hydrogens (tertiary/aromatic N) is 4. The summed E-state index contributed by atoms with van der Waals surface area (Å²) in [7, 11) is 1.71. The maximum absolute atomic E-state index is 8.71. The quantitative estimate of drug-likeness (QED) is 0.776. The first-order valence-corrected chi connectivity index (χ1v) is 6.96. The highest BCUT2D eigenvalue weighted by atomic mass is 16.5. The van der Waals surface area contributed by atoms with Crippen molar-refractivity contribution in [1.29, 1.82) is 5.26 Å². The molecule has 0 radical (unpaired) electrons. The Labute approximate surface area is 120 Å². The molecule has 5 nitrogen and oxygen atoms in total. The predicted octanol–water partition coefficient (Wildman–Crippen LogP) is 1.35. The Morgan fingerprint density at radius 3 is 2.50 bits per heavy atom. The SMILES string of the molecule is COc1c(C)cnc(CN2CCN(CC#N)CC2)c1C. The van der Waals surface area contributed by atoms with Crippen LogP contribution in [-0.2, 0) is 6.54 Å². The van der Waals surface area contributed by atoms with E-state index in [0.717, 1.165) is 55.3 Å². The van der Waals surface area contributed by atoms with Crippen molar-refractivity contribution < 1.29 is 4.74 Å². The molecule has 0 atom stereocenters. The van der Waals surface area contributed by atoms with Crippen LogP contribution < -0.4 is 4.74 Å². The third-order valence-electron chi connectivity index (χ3n) is 3.88. The zero-order valence-corrected chi connectivity index (χ0v) is 12.5. The first-order valence-electron chi connectivity index (χ1n) is 6.96. The molecule has 0 unspecified atom stereocenters. The average molecular weight is 274 g/mol. The van der Waals surface area contributed by atoms with Crippen LogP contribution in [0.5, 0.6) is 5.75 Å². The lowest BCUT2D eigenvalue weighted by atomic mass is 10.1. The van der Waals surface area contributed by atoms with E-state index in [1.54, 1.807) is 7.11 Å². The predicted molar refractivity (Wildman–Crippen MR) is 77.6 cm³/mol. The fraction of sp³-hybridized carbons (Fsp3) is 0.600. The van der Waals surface area contributed by atoms with Crippen LogP contribution in [0.4, 0.5) is 0 Å². The lowest BCUT2D eigenvalue weighted by Gasteiger charge is -2.33. The summed E-state index contributed by atoms with van der Waals surface area (Å²) in [5.74, 6) is 0.943. The maximum Gasteiger partial charge on any atom is 0.128 e. The van der Waals surface area contributed by atoms with Crippen LogP contribution in [0.2, 0.25) is 0 Å². The van der Waals surface area contributed by atoms with Crippen molar-refractivity contribution in [3.8, 4) is 11.8 Å². The van der Waals surface area contributed by atoms with E-state index in [1.165, 1.54) is 0 Å². The van der Waals surface area contributed by atoms with Gasteiger partial charge >= 0.3 is 0 Å². The van der Waals surface area contributed by atoms with Crippen LogP contribution >= 0.6 is 0 Å². The van der Waals surface area contributed by atoms with Gasteiger partial charge in [-0.05, 0) is 13.8 Å². The second-order valence-corrected chi connectivity index (χ2v) is 5.26. The van der Waals surface area contributed by atoms with Crippen molar-refractivity contribution in [3.63, 3.8) is 0 Å². The minimum absolute atomic E-state index is 0.531. The van der Waals surface area contributed by atoms with Crippen LogP contribution in [0.25, 0.3) is 0 Å². The van der Waals surface area contributed by atoms with Gasteiger partial charge in [0.25, 0.3) is 0 Å². The number of pyridine rings is 1. The maximum atomic E-state index is 8.71. The van der Waals surface area contributed by atoms with Crippen molar-refractivity contribution in [2.45, 2.75) is 20.4 Å². The lowest BCUT2D eigenvalue weighted by molar-refractivity contribution is 0.136. The molecular weight excluding hydrogens is 252 g/mol. The summed E-state index contributed by atoms with van der Waals surface area (Å²) in [6, 6.07) is 2.21. The Morgan fingerprint density at radius 2 is 1.90 bits per heavy atom. The minimum Gasteiger partial charge on any atom is -0.496 e. The van der Waals surface area contributed by atoms with E-state index in [2.05, 4.69) is 27.8 Å². The van der Waals surface area contributed by atoms with Gasteiger partial charge in [-0.25, -0.2) is 0 Å². The third kappa shape index (κ3) is 3.27. The van der Waals surface area contributed by atoms with Crippen molar-refractivity contribution in [2.24, 2.45) is 0 Å². The van der Waals surface area contributed by atoms with Gasteiger partial charge in [0.05, 0.1) is 25.4 Å². The fourth-order valence-electron chi connectivity index (χ4n) is 2.65. The number of hydrogen-bond acceptors (Lipinski definition) is 5. The molecule has 108 valence electrons. The van der Waals surface area contributed by atoms with E-state index < -0.39 is 0 Å². The molecule has 1 aromatic rings. The van der Waals surface area contributed by atoms with Crippen molar-refractivity contribution >= 4 is 0 Å². The number of ether oxygens (including phenoxy) is 1.